The van der Waals surface area contributed by atoms with Gasteiger partial charge in [-0.1, -0.05) is 12.1 Å². The van der Waals surface area contributed by atoms with E-state index in [-0.39, 0.29) is 30.9 Å². The number of halogens is 1. The van der Waals surface area contributed by atoms with Gasteiger partial charge in [0.05, 0.1) is 5.69 Å². The highest BCUT2D eigenvalue weighted by molar-refractivity contribution is 5.91. The van der Waals surface area contributed by atoms with Crippen LogP contribution in [-0.4, -0.2) is 17.0 Å². The maximum Gasteiger partial charge on any atom is 0.303 e. The first-order valence-corrected chi connectivity index (χ1v) is 5.27. The summed E-state index contributed by atoms with van der Waals surface area (Å²) in [7, 11) is 0. The van der Waals surface area contributed by atoms with Crippen molar-refractivity contribution in [2.45, 2.75) is 26.2 Å². The lowest BCUT2D eigenvalue weighted by molar-refractivity contribution is -0.137. The lowest BCUT2D eigenvalue weighted by Gasteiger charge is -2.08. The molecule has 0 saturated carbocycles. The second-order valence-corrected chi connectivity index (χ2v) is 3.73. The number of carboxylic acids is 1. The van der Waals surface area contributed by atoms with Crippen molar-refractivity contribution in [3.05, 3.63) is 29.6 Å². The molecule has 0 fully saturated rings. The Morgan fingerprint density at radius 1 is 1.35 bits per heavy atom. The summed E-state index contributed by atoms with van der Waals surface area (Å²) in [5.74, 6) is -1.81. The summed E-state index contributed by atoms with van der Waals surface area (Å²) < 4.78 is 13.4. The molecule has 0 saturated heterocycles. The Hall–Kier alpha value is -1.91. The van der Waals surface area contributed by atoms with Crippen LogP contribution in [0.4, 0.5) is 10.1 Å². The first-order valence-electron chi connectivity index (χ1n) is 5.27. The van der Waals surface area contributed by atoms with Crippen molar-refractivity contribution in [2.24, 2.45) is 0 Å². The third-order valence-corrected chi connectivity index (χ3v) is 2.28. The standard InChI is InChI=1S/C12H14FNO3/c1-8-4-2-5-9(13)12(8)14-10(15)6-3-7-11(16)17/h2,4-5H,3,6-7H2,1H3,(H,14,15)(H,16,17). The van der Waals surface area contributed by atoms with E-state index in [9.17, 15) is 14.0 Å². The molecule has 0 atom stereocenters. The summed E-state index contributed by atoms with van der Waals surface area (Å²) in [6, 6.07) is 4.51. The Morgan fingerprint density at radius 2 is 2.06 bits per heavy atom. The van der Waals surface area contributed by atoms with Crippen LogP contribution in [0.3, 0.4) is 0 Å². The van der Waals surface area contributed by atoms with Gasteiger partial charge in [-0.2, -0.15) is 0 Å². The Bertz CT molecular complexity index is 412. The van der Waals surface area contributed by atoms with E-state index in [4.69, 9.17) is 5.11 Å². The van der Waals surface area contributed by atoms with E-state index in [1.54, 1.807) is 19.1 Å². The average molecular weight is 239 g/mol. The molecule has 4 nitrogen and oxygen atoms in total. The molecule has 2 N–H and O–H groups in total. The van der Waals surface area contributed by atoms with Gasteiger partial charge in [-0.3, -0.25) is 9.59 Å². The molecule has 0 aliphatic heterocycles. The van der Waals surface area contributed by atoms with Crippen LogP contribution in [0.2, 0.25) is 0 Å². The van der Waals surface area contributed by atoms with Gasteiger partial charge in [0.25, 0.3) is 0 Å². The fourth-order valence-electron chi connectivity index (χ4n) is 1.39. The Kier molecular flexibility index (Phi) is 4.63. The molecule has 1 amide bonds. The summed E-state index contributed by atoms with van der Waals surface area (Å²) in [4.78, 5) is 21.7. The van der Waals surface area contributed by atoms with Crippen molar-refractivity contribution < 1.29 is 19.1 Å². The summed E-state index contributed by atoms with van der Waals surface area (Å²) in [5, 5.41) is 10.9. The van der Waals surface area contributed by atoms with Gasteiger partial charge in [0.1, 0.15) is 5.82 Å². The van der Waals surface area contributed by atoms with Crippen molar-refractivity contribution in [1.29, 1.82) is 0 Å². The number of anilines is 1. The number of carboxylic acid groups (broad SMARTS) is 1. The van der Waals surface area contributed by atoms with E-state index in [0.29, 0.717) is 5.56 Å². The number of nitrogens with one attached hydrogen (secondary N) is 1. The van der Waals surface area contributed by atoms with E-state index in [1.807, 2.05) is 0 Å². The van der Waals surface area contributed by atoms with Gasteiger partial charge >= 0.3 is 5.97 Å². The zero-order valence-corrected chi connectivity index (χ0v) is 9.50. The molecular formula is C12H14FNO3. The van der Waals surface area contributed by atoms with Crippen LogP contribution in [0.25, 0.3) is 0 Å². The minimum Gasteiger partial charge on any atom is -0.481 e. The number of aliphatic carboxylic acids is 1. The Morgan fingerprint density at radius 3 is 2.65 bits per heavy atom. The number of carbonyl (C=O) groups excluding carboxylic acids is 1. The second kappa shape index (κ2) is 5.98. The Balaban J connectivity index is 2.53. The topological polar surface area (TPSA) is 66.4 Å². The highest BCUT2D eigenvalue weighted by atomic mass is 19.1. The normalized spacial score (nSPS) is 10.0. The number of amides is 1. The van der Waals surface area contributed by atoms with Crippen molar-refractivity contribution >= 4 is 17.6 Å². The number of benzene rings is 1. The number of aryl methyl sites for hydroxylation is 1. The van der Waals surface area contributed by atoms with Crippen LogP contribution in [0.5, 0.6) is 0 Å². The van der Waals surface area contributed by atoms with Crippen LogP contribution in [0, 0.1) is 12.7 Å². The molecule has 0 aromatic heterocycles. The number of rotatable bonds is 5. The quantitative estimate of drug-likeness (QED) is 0.828. The van der Waals surface area contributed by atoms with Crippen LogP contribution < -0.4 is 5.32 Å². The van der Waals surface area contributed by atoms with Gasteiger partial charge < -0.3 is 10.4 Å². The third kappa shape index (κ3) is 4.22. The predicted octanol–water partition coefficient (Wildman–Crippen LogP) is 2.33. The summed E-state index contributed by atoms with van der Waals surface area (Å²) in [5.41, 5.74) is 0.796. The predicted molar refractivity (Wildman–Crippen MR) is 61.3 cm³/mol. The van der Waals surface area contributed by atoms with E-state index in [2.05, 4.69) is 5.32 Å². The fraction of sp³-hybridized carbons (Fsp3) is 0.333. The molecule has 0 bridgehead atoms. The van der Waals surface area contributed by atoms with Crippen molar-refractivity contribution in [2.75, 3.05) is 5.32 Å². The molecule has 0 spiro atoms. The first kappa shape index (κ1) is 13.2. The summed E-state index contributed by atoms with van der Waals surface area (Å²) in [6.07, 6.45) is 0.248. The van der Waals surface area contributed by atoms with Crippen LogP contribution in [0.1, 0.15) is 24.8 Å². The zero-order valence-electron chi connectivity index (χ0n) is 9.50. The molecule has 0 aliphatic carbocycles. The van der Waals surface area contributed by atoms with Gasteiger partial charge in [0.15, 0.2) is 0 Å². The van der Waals surface area contributed by atoms with Gasteiger partial charge in [-0.25, -0.2) is 4.39 Å². The molecular weight excluding hydrogens is 225 g/mol. The molecule has 0 aliphatic rings. The summed E-state index contributed by atoms with van der Waals surface area (Å²) >= 11 is 0. The molecule has 1 aromatic carbocycles. The molecule has 0 unspecified atom stereocenters. The van der Waals surface area contributed by atoms with E-state index in [1.165, 1.54) is 6.07 Å². The third-order valence-electron chi connectivity index (χ3n) is 2.28. The van der Waals surface area contributed by atoms with Gasteiger partial charge in [-0.15, -0.1) is 0 Å². The average Bonchev–Trinajstić information content (AvgIpc) is 2.23. The van der Waals surface area contributed by atoms with Gasteiger partial charge in [0, 0.05) is 12.8 Å². The van der Waals surface area contributed by atoms with Crippen molar-refractivity contribution in [1.82, 2.24) is 0 Å². The van der Waals surface area contributed by atoms with Crippen molar-refractivity contribution in [3.8, 4) is 0 Å². The lowest BCUT2D eigenvalue weighted by atomic mass is 10.1. The number of carbonyl (C=O) groups is 2. The number of hydrogen-bond donors (Lipinski definition) is 2. The minimum absolute atomic E-state index is 0.0658. The molecule has 1 aromatic rings. The lowest BCUT2D eigenvalue weighted by Crippen LogP contribution is -2.14. The van der Waals surface area contributed by atoms with E-state index < -0.39 is 11.8 Å². The highest BCUT2D eigenvalue weighted by Gasteiger charge is 2.09. The zero-order chi connectivity index (χ0) is 12.8. The van der Waals surface area contributed by atoms with Crippen molar-refractivity contribution in [3.63, 3.8) is 0 Å². The van der Waals surface area contributed by atoms with Crippen LogP contribution in [0.15, 0.2) is 18.2 Å². The first-order chi connectivity index (χ1) is 8.00. The Labute approximate surface area is 98.5 Å². The maximum absolute atomic E-state index is 13.4. The van der Waals surface area contributed by atoms with Gasteiger partial charge in [0.2, 0.25) is 5.91 Å². The van der Waals surface area contributed by atoms with Crippen LogP contribution >= 0.6 is 0 Å². The second-order valence-electron chi connectivity index (χ2n) is 3.73. The minimum atomic E-state index is -0.945. The fourth-order valence-corrected chi connectivity index (χ4v) is 1.39. The van der Waals surface area contributed by atoms with Gasteiger partial charge in [-0.05, 0) is 25.0 Å². The molecule has 0 heterocycles. The molecule has 1 rings (SSSR count). The molecule has 17 heavy (non-hydrogen) atoms. The SMILES string of the molecule is Cc1cccc(F)c1NC(=O)CCCC(=O)O. The monoisotopic (exact) mass is 239 g/mol. The molecule has 5 heteroatoms. The number of para-hydroxylation sites is 1. The molecule has 0 radical (unpaired) electrons. The highest BCUT2D eigenvalue weighted by Crippen LogP contribution is 2.18. The smallest absolute Gasteiger partial charge is 0.303 e. The van der Waals surface area contributed by atoms with E-state index >= 15 is 0 Å². The molecule has 92 valence electrons. The van der Waals surface area contributed by atoms with Crippen LogP contribution in [-0.2, 0) is 9.59 Å². The maximum atomic E-state index is 13.4. The van der Waals surface area contributed by atoms with E-state index in [0.717, 1.165) is 0 Å². The number of hydrogen-bond acceptors (Lipinski definition) is 2. The summed E-state index contributed by atoms with van der Waals surface area (Å²) in [6.45, 7) is 1.69. The largest absolute Gasteiger partial charge is 0.481 e.